The van der Waals surface area contributed by atoms with Crippen LogP contribution < -0.4 is 10.1 Å². The van der Waals surface area contributed by atoms with Crippen LogP contribution in [0.2, 0.25) is 0 Å². The topological polar surface area (TPSA) is 75.0 Å². The van der Waals surface area contributed by atoms with Crippen LogP contribution in [0, 0.1) is 18.3 Å². The molecule has 114 valence electrons. The number of rotatable bonds is 5. The number of carbonyl (C=O) groups excluding carboxylic acids is 1. The van der Waals surface area contributed by atoms with E-state index in [2.05, 4.69) is 10.3 Å². The number of hydrogen-bond donors (Lipinski definition) is 1. The van der Waals surface area contributed by atoms with E-state index in [1.165, 1.54) is 11.3 Å². The normalized spacial score (nSPS) is 11.5. The minimum Gasteiger partial charge on any atom is -0.481 e. The standard InChI is InChI=1S/C16H17N3O2S/c1-4-14-11(3)22-16(18-14)19-15(20)10(2)21-13-7-5-12(9-17)6-8-13/h5-8,10H,4H2,1-3H3,(H,18,19,20). The number of benzene rings is 1. The molecule has 0 saturated heterocycles. The van der Waals surface area contributed by atoms with Crippen molar-refractivity contribution < 1.29 is 9.53 Å². The average Bonchev–Trinajstić information content (AvgIpc) is 2.87. The smallest absolute Gasteiger partial charge is 0.266 e. The van der Waals surface area contributed by atoms with E-state index in [9.17, 15) is 4.79 Å². The van der Waals surface area contributed by atoms with E-state index in [1.807, 2.05) is 19.9 Å². The monoisotopic (exact) mass is 315 g/mol. The van der Waals surface area contributed by atoms with Crippen LogP contribution in [0.5, 0.6) is 5.75 Å². The maximum Gasteiger partial charge on any atom is 0.266 e. The molecule has 1 atom stereocenters. The summed E-state index contributed by atoms with van der Waals surface area (Å²) >= 11 is 1.46. The van der Waals surface area contributed by atoms with Crippen molar-refractivity contribution >= 4 is 22.4 Å². The summed E-state index contributed by atoms with van der Waals surface area (Å²) in [6, 6.07) is 8.68. The number of nitrogens with one attached hydrogen (secondary N) is 1. The number of carbonyl (C=O) groups is 1. The lowest BCUT2D eigenvalue weighted by molar-refractivity contribution is -0.122. The van der Waals surface area contributed by atoms with E-state index in [-0.39, 0.29) is 5.91 Å². The van der Waals surface area contributed by atoms with Crippen LogP contribution >= 0.6 is 11.3 Å². The van der Waals surface area contributed by atoms with Gasteiger partial charge < -0.3 is 4.74 Å². The number of ether oxygens (including phenoxy) is 1. The Balaban J connectivity index is 1.97. The van der Waals surface area contributed by atoms with Gasteiger partial charge in [-0.25, -0.2) is 4.98 Å². The first-order valence-electron chi connectivity index (χ1n) is 6.97. The molecular weight excluding hydrogens is 298 g/mol. The minimum atomic E-state index is -0.651. The summed E-state index contributed by atoms with van der Waals surface area (Å²) in [5.74, 6) is 0.298. The Hall–Kier alpha value is -2.39. The molecule has 2 rings (SSSR count). The van der Waals surface area contributed by atoms with Gasteiger partial charge in [0.05, 0.1) is 17.3 Å². The lowest BCUT2D eigenvalue weighted by Crippen LogP contribution is -2.30. The molecule has 22 heavy (non-hydrogen) atoms. The van der Waals surface area contributed by atoms with Gasteiger partial charge in [-0.1, -0.05) is 6.92 Å². The third kappa shape index (κ3) is 3.83. The number of nitriles is 1. The Kier molecular flexibility index (Phi) is 5.12. The fourth-order valence-electron chi connectivity index (χ4n) is 1.88. The number of nitrogens with zero attached hydrogens (tertiary/aromatic N) is 2. The number of aryl methyl sites for hydroxylation is 2. The predicted molar refractivity (Wildman–Crippen MR) is 86.1 cm³/mol. The molecule has 0 fully saturated rings. The van der Waals surface area contributed by atoms with Crippen molar-refractivity contribution in [1.29, 1.82) is 5.26 Å². The van der Waals surface area contributed by atoms with Gasteiger partial charge in [-0.05, 0) is 44.5 Å². The minimum absolute atomic E-state index is 0.249. The summed E-state index contributed by atoms with van der Waals surface area (Å²) in [5, 5.41) is 12.1. The summed E-state index contributed by atoms with van der Waals surface area (Å²) < 4.78 is 5.57. The van der Waals surface area contributed by atoms with E-state index >= 15 is 0 Å². The molecule has 0 bridgehead atoms. The van der Waals surface area contributed by atoms with E-state index < -0.39 is 6.10 Å². The van der Waals surface area contributed by atoms with E-state index in [1.54, 1.807) is 31.2 Å². The maximum atomic E-state index is 12.1. The summed E-state index contributed by atoms with van der Waals surface area (Å²) in [7, 11) is 0. The Labute approximate surface area is 133 Å². The Morgan fingerprint density at radius 2 is 2.14 bits per heavy atom. The molecular formula is C16H17N3O2S. The van der Waals surface area contributed by atoms with Crippen molar-refractivity contribution in [2.24, 2.45) is 0 Å². The van der Waals surface area contributed by atoms with Crippen molar-refractivity contribution in [3.8, 4) is 11.8 Å². The van der Waals surface area contributed by atoms with E-state index in [0.717, 1.165) is 17.0 Å². The van der Waals surface area contributed by atoms with Gasteiger partial charge in [0, 0.05) is 4.88 Å². The SMILES string of the molecule is CCc1nc(NC(=O)C(C)Oc2ccc(C#N)cc2)sc1C. The molecule has 0 spiro atoms. The summed E-state index contributed by atoms with van der Waals surface area (Å²) in [4.78, 5) is 17.6. The highest BCUT2D eigenvalue weighted by Gasteiger charge is 2.17. The zero-order chi connectivity index (χ0) is 16.1. The van der Waals surface area contributed by atoms with Crippen molar-refractivity contribution in [2.45, 2.75) is 33.3 Å². The summed E-state index contributed by atoms with van der Waals surface area (Å²) in [5.41, 5.74) is 1.55. The highest BCUT2D eigenvalue weighted by atomic mass is 32.1. The Morgan fingerprint density at radius 1 is 1.45 bits per heavy atom. The molecule has 5 nitrogen and oxygen atoms in total. The number of amides is 1. The first-order valence-corrected chi connectivity index (χ1v) is 7.79. The Morgan fingerprint density at radius 3 is 2.68 bits per heavy atom. The average molecular weight is 315 g/mol. The van der Waals surface area contributed by atoms with Gasteiger partial charge in [0.1, 0.15) is 5.75 Å². The summed E-state index contributed by atoms with van der Waals surface area (Å²) in [6.07, 6.45) is 0.192. The Bertz CT molecular complexity index is 701. The van der Waals surface area contributed by atoms with Crippen LogP contribution in [0.15, 0.2) is 24.3 Å². The summed E-state index contributed by atoms with van der Waals surface area (Å²) in [6.45, 7) is 5.70. The molecule has 1 aromatic heterocycles. The lowest BCUT2D eigenvalue weighted by Gasteiger charge is -2.13. The number of aromatic nitrogens is 1. The van der Waals surface area contributed by atoms with Crippen LogP contribution in [-0.4, -0.2) is 17.0 Å². The van der Waals surface area contributed by atoms with Crippen molar-refractivity contribution in [2.75, 3.05) is 5.32 Å². The van der Waals surface area contributed by atoms with Gasteiger partial charge in [0.15, 0.2) is 11.2 Å². The largest absolute Gasteiger partial charge is 0.481 e. The van der Waals surface area contributed by atoms with Gasteiger partial charge in [-0.3, -0.25) is 10.1 Å². The number of hydrogen-bond acceptors (Lipinski definition) is 5. The van der Waals surface area contributed by atoms with Gasteiger partial charge >= 0.3 is 0 Å². The van der Waals surface area contributed by atoms with Crippen LogP contribution in [0.25, 0.3) is 0 Å². The second-order valence-electron chi connectivity index (χ2n) is 4.76. The first-order chi connectivity index (χ1) is 10.5. The molecule has 0 radical (unpaired) electrons. The molecule has 1 amide bonds. The lowest BCUT2D eigenvalue weighted by atomic mass is 10.2. The van der Waals surface area contributed by atoms with Crippen LogP contribution in [0.1, 0.15) is 30.0 Å². The van der Waals surface area contributed by atoms with Gasteiger partial charge in [0.2, 0.25) is 0 Å². The quantitative estimate of drug-likeness (QED) is 0.918. The van der Waals surface area contributed by atoms with Crippen LogP contribution in [-0.2, 0) is 11.2 Å². The highest BCUT2D eigenvalue weighted by Crippen LogP contribution is 2.22. The van der Waals surface area contributed by atoms with Crippen molar-refractivity contribution in [1.82, 2.24) is 4.98 Å². The molecule has 6 heteroatoms. The molecule has 1 aromatic carbocycles. The second-order valence-corrected chi connectivity index (χ2v) is 5.96. The van der Waals surface area contributed by atoms with Crippen LogP contribution in [0.3, 0.4) is 0 Å². The molecule has 0 aliphatic rings. The third-order valence-corrected chi connectivity index (χ3v) is 4.05. The molecule has 1 unspecified atom stereocenters. The predicted octanol–water partition coefficient (Wildman–Crippen LogP) is 3.29. The molecule has 0 aliphatic carbocycles. The third-order valence-electron chi connectivity index (χ3n) is 3.12. The molecule has 1 N–H and O–H groups in total. The second kappa shape index (κ2) is 7.05. The zero-order valence-electron chi connectivity index (χ0n) is 12.7. The molecule has 1 heterocycles. The molecule has 2 aromatic rings. The molecule has 0 saturated carbocycles. The van der Waals surface area contributed by atoms with E-state index in [4.69, 9.17) is 10.00 Å². The van der Waals surface area contributed by atoms with Gasteiger partial charge in [-0.15, -0.1) is 11.3 Å². The van der Waals surface area contributed by atoms with Crippen molar-refractivity contribution in [3.63, 3.8) is 0 Å². The van der Waals surface area contributed by atoms with Gasteiger partial charge in [0.25, 0.3) is 5.91 Å². The van der Waals surface area contributed by atoms with Gasteiger partial charge in [-0.2, -0.15) is 5.26 Å². The highest BCUT2D eigenvalue weighted by molar-refractivity contribution is 7.15. The zero-order valence-corrected chi connectivity index (χ0v) is 13.5. The molecule has 0 aliphatic heterocycles. The fourth-order valence-corrected chi connectivity index (χ4v) is 2.79. The maximum absolute atomic E-state index is 12.1. The first kappa shape index (κ1) is 16.0. The van der Waals surface area contributed by atoms with Crippen LogP contribution in [0.4, 0.5) is 5.13 Å². The number of thiazole rings is 1. The fraction of sp³-hybridized carbons (Fsp3) is 0.312. The van der Waals surface area contributed by atoms with E-state index in [0.29, 0.717) is 16.4 Å². The van der Waals surface area contributed by atoms with Crippen molar-refractivity contribution in [3.05, 3.63) is 40.4 Å². The number of anilines is 1.